The third-order valence-corrected chi connectivity index (χ3v) is 8.02. The number of fused-ring (bicyclic) bond motifs is 2. The lowest BCUT2D eigenvalue weighted by atomic mass is 9.89. The maximum Gasteiger partial charge on any atom is 0.128 e. The van der Waals surface area contributed by atoms with Crippen LogP contribution in [0.25, 0.3) is 66.2 Å². The van der Waals surface area contributed by atoms with Crippen molar-refractivity contribution < 1.29 is 5.11 Å². The summed E-state index contributed by atoms with van der Waals surface area (Å²) < 4.78 is 0. The molecule has 0 amide bonds. The Bertz CT molecular complexity index is 2150. The van der Waals surface area contributed by atoms with Gasteiger partial charge in [-0.25, -0.2) is 0 Å². The first kappa shape index (κ1) is 26.3. The minimum Gasteiger partial charge on any atom is -0.375 e. The summed E-state index contributed by atoms with van der Waals surface area (Å²) in [4.78, 5) is 4.62. The van der Waals surface area contributed by atoms with E-state index in [9.17, 15) is 10.4 Å². The Morgan fingerprint density at radius 1 is 0.581 bits per heavy atom. The van der Waals surface area contributed by atoms with Crippen LogP contribution in [0.2, 0.25) is 0 Å². The molecule has 204 valence electrons. The largest absolute Gasteiger partial charge is 0.375 e. The van der Waals surface area contributed by atoms with Crippen molar-refractivity contribution in [2.45, 2.75) is 6.23 Å². The smallest absolute Gasteiger partial charge is 0.128 e. The Balaban J connectivity index is 1.30. The summed E-state index contributed by atoms with van der Waals surface area (Å²) in [6, 6.07) is 47.4. The molecule has 0 saturated heterocycles. The Labute approximate surface area is 249 Å². The van der Waals surface area contributed by atoms with Gasteiger partial charge in [0.05, 0.1) is 17.1 Å². The highest BCUT2D eigenvalue weighted by Gasteiger charge is 2.13. The second kappa shape index (κ2) is 11.0. The Kier molecular flexibility index (Phi) is 6.73. The van der Waals surface area contributed by atoms with Crippen molar-refractivity contribution in [3.05, 3.63) is 151 Å². The maximum atomic E-state index is 9.96. The molecule has 0 fully saturated rings. The fourth-order valence-corrected chi connectivity index (χ4v) is 5.86. The molecule has 7 rings (SSSR count). The first-order valence-corrected chi connectivity index (χ1v) is 14.1. The van der Waals surface area contributed by atoms with E-state index in [1.165, 1.54) is 0 Å². The number of nitrogens with two attached hydrogens (primary N) is 1. The molecule has 3 N–H and O–H groups in total. The zero-order chi connectivity index (χ0) is 29.3. The highest BCUT2D eigenvalue weighted by Crippen LogP contribution is 2.38. The first-order chi connectivity index (χ1) is 21.1. The number of aromatic nitrogens is 1. The van der Waals surface area contributed by atoms with E-state index in [-0.39, 0.29) is 0 Å². The van der Waals surface area contributed by atoms with Crippen LogP contribution in [0.4, 0.5) is 0 Å². The SMILES string of the molecule is N#Cc1cc(-c2ccc(-c3cccc4cccnc34)cc2)cc(-c2ccc(-c3ccc(C(N)O)cc3)c3ccccc23)c1. The number of hydrogen-bond donors (Lipinski definition) is 2. The first-order valence-electron chi connectivity index (χ1n) is 14.1. The molecular formula is C39H27N3O. The van der Waals surface area contributed by atoms with Gasteiger partial charge in [0.15, 0.2) is 0 Å². The van der Waals surface area contributed by atoms with Crippen molar-refractivity contribution in [3.8, 4) is 50.6 Å². The molecule has 1 atom stereocenters. The number of nitriles is 1. The Hall–Kier alpha value is -5.60. The Morgan fingerprint density at radius 2 is 1.19 bits per heavy atom. The van der Waals surface area contributed by atoms with Crippen LogP contribution in [0.3, 0.4) is 0 Å². The molecule has 0 spiro atoms. The van der Waals surface area contributed by atoms with Gasteiger partial charge in [-0.3, -0.25) is 4.98 Å². The molecule has 43 heavy (non-hydrogen) atoms. The number of rotatable bonds is 5. The second-order valence-corrected chi connectivity index (χ2v) is 10.6. The summed E-state index contributed by atoms with van der Waals surface area (Å²) in [6.45, 7) is 0. The molecule has 0 saturated carbocycles. The summed E-state index contributed by atoms with van der Waals surface area (Å²) in [5.41, 5.74) is 16.3. The van der Waals surface area contributed by atoms with Crippen molar-refractivity contribution in [3.63, 3.8) is 0 Å². The van der Waals surface area contributed by atoms with Crippen molar-refractivity contribution in [2.24, 2.45) is 5.73 Å². The van der Waals surface area contributed by atoms with Crippen LogP contribution in [-0.2, 0) is 0 Å². The zero-order valence-electron chi connectivity index (χ0n) is 23.3. The topological polar surface area (TPSA) is 82.9 Å². The molecule has 0 radical (unpaired) electrons. The normalized spacial score (nSPS) is 11.8. The number of aliphatic hydroxyl groups is 1. The van der Waals surface area contributed by atoms with Gasteiger partial charge in [0.2, 0.25) is 0 Å². The van der Waals surface area contributed by atoms with E-state index < -0.39 is 6.23 Å². The quantitative estimate of drug-likeness (QED) is 0.209. The molecule has 0 aliphatic carbocycles. The van der Waals surface area contributed by atoms with Gasteiger partial charge in [-0.05, 0) is 79.5 Å². The van der Waals surface area contributed by atoms with E-state index in [0.717, 1.165) is 66.2 Å². The summed E-state index contributed by atoms with van der Waals surface area (Å²) in [7, 11) is 0. The van der Waals surface area contributed by atoms with Gasteiger partial charge in [0.1, 0.15) is 6.23 Å². The summed E-state index contributed by atoms with van der Waals surface area (Å²) in [5, 5.41) is 23.0. The number of aliphatic hydroxyl groups excluding tert-OH is 1. The van der Waals surface area contributed by atoms with Crippen molar-refractivity contribution >= 4 is 21.7 Å². The van der Waals surface area contributed by atoms with Gasteiger partial charge in [-0.2, -0.15) is 5.26 Å². The monoisotopic (exact) mass is 553 g/mol. The lowest BCUT2D eigenvalue weighted by Crippen LogP contribution is -2.07. The number of hydrogen-bond acceptors (Lipinski definition) is 4. The van der Waals surface area contributed by atoms with Crippen molar-refractivity contribution in [1.82, 2.24) is 4.98 Å². The number of benzene rings is 6. The highest BCUT2D eigenvalue weighted by molar-refractivity contribution is 6.05. The fourth-order valence-electron chi connectivity index (χ4n) is 5.86. The van der Waals surface area contributed by atoms with Gasteiger partial charge in [-0.1, -0.05) is 109 Å². The van der Waals surface area contributed by atoms with Crippen LogP contribution in [0.5, 0.6) is 0 Å². The van der Waals surface area contributed by atoms with Gasteiger partial charge >= 0.3 is 0 Å². The number of nitrogens with zero attached hydrogens (tertiary/aromatic N) is 2. The Morgan fingerprint density at radius 3 is 1.88 bits per heavy atom. The van der Waals surface area contributed by atoms with E-state index >= 15 is 0 Å². The van der Waals surface area contributed by atoms with Crippen molar-refractivity contribution in [2.75, 3.05) is 0 Å². The predicted octanol–water partition coefficient (Wildman–Crippen LogP) is 8.88. The highest BCUT2D eigenvalue weighted by atomic mass is 16.3. The van der Waals surface area contributed by atoms with Crippen LogP contribution >= 0.6 is 0 Å². The van der Waals surface area contributed by atoms with Gasteiger partial charge in [0.25, 0.3) is 0 Å². The predicted molar refractivity (Wildman–Crippen MR) is 175 cm³/mol. The second-order valence-electron chi connectivity index (χ2n) is 10.6. The van der Waals surface area contributed by atoms with E-state index in [1.807, 2.05) is 60.8 Å². The van der Waals surface area contributed by atoms with E-state index in [4.69, 9.17) is 5.73 Å². The fraction of sp³-hybridized carbons (Fsp3) is 0.0256. The minimum absolute atomic E-state index is 0.610. The third-order valence-electron chi connectivity index (χ3n) is 8.02. The van der Waals surface area contributed by atoms with Crippen LogP contribution in [0, 0.1) is 11.3 Å². The summed E-state index contributed by atoms with van der Waals surface area (Å²) in [6.07, 6.45) is 0.829. The summed E-state index contributed by atoms with van der Waals surface area (Å²) in [5.74, 6) is 0. The summed E-state index contributed by atoms with van der Waals surface area (Å²) >= 11 is 0. The van der Waals surface area contributed by atoms with E-state index in [0.29, 0.717) is 11.1 Å². The molecule has 0 bridgehead atoms. The molecule has 7 aromatic rings. The molecule has 1 heterocycles. The molecule has 0 aliphatic heterocycles. The van der Waals surface area contributed by atoms with Gasteiger partial charge < -0.3 is 10.8 Å². The van der Waals surface area contributed by atoms with Crippen LogP contribution in [-0.4, -0.2) is 10.1 Å². The molecule has 4 heteroatoms. The average Bonchev–Trinajstić information content (AvgIpc) is 3.07. The van der Waals surface area contributed by atoms with Crippen molar-refractivity contribution in [1.29, 1.82) is 5.26 Å². The molecule has 1 aromatic heterocycles. The molecule has 4 nitrogen and oxygen atoms in total. The van der Waals surface area contributed by atoms with Crippen LogP contribution in [0.15, 0.2) is 140 Å². The van der Waals surface area contributed by atoms with E-state index in [1.54, 1.807) is 0 Å². The maximum absolute atomic E-state index is 9.96. The molecular weight excluding hydrogens is 526 g/mol. The molecule has 0 aliphatic rings. The third kappa shape index (κ3) is 4.94. The lowest BCUT2D eigenvalue weighted by Gasteiger charge is -2.14. The minimum atomic E-state index is -0.999. The average molecular weight is 554 g/mol. The van der Waals surface area contributed by atoms with Gasteiger partial charge in [-0.15, -0.1) is 0 Å². The number of pyridine rings is 1. The van der Waals surface area contributed by atoms with Crippen LogP contribution in [0.1, 0.15) is 17.4 Å². The van der Waals surface area contributed by atoms with E-state index in [2.05, 4.69) is 89.9 Å². The zero-order valence-corrected chi connectivity index (χ0v) is 23.3. The number of para-hydroxylation sites is 1. The lowest BCUT2D eigenvalue weighted by molar-refractivity contribution is 0.186. The standard InChI is InChI=1S/C39H27N3O/c40-24-25-21-31(26-10-12-28(13-11-26)35-9-3-5-29-6-4-20-42-38(29)35)23-32(22-25)34-19-18-33(36-7-1-2-8-37(34)36)27-14-16-30(17-15-27)39(41)43/h1-23,39,43H,41H2. The molecule has 6 aromatic carbocycles. The molecule has 1 unspecified atom stereocenters. The van der Waals surface area contributed by atoms with Crippen LogP contribution < -0.4 is 5.73 Å². The van der Waals surface area contributed by atoms with Gasteiger partial charge in [0, 0.05) is 17.1 Å².